The second kappa shape index (κ2) is 6.67. The molecule has 0 spiro atoms. The largest absolute Gasteiger partial charge is 0.396 e. The number of aliphatic hydroxyl groups excluding tert-OH is 1. The maximum absolute atomic E-state index is 11.2. The van der Waals surface area contributed by atoms with Crippen molar-refractivity contribution in [3.63, 3.8) is 0 Å². The fourth-order valence-electron chi connectivity index (χ4n) is 1.88. The summed E-state index contributed by atoms with van der Waals surface area (Å²) >= 11 is 0. The Hall–Kier alpha value is -0.950. The lowest BCUT2D eigenvalue weighted by molar-refractivity contribution is 0.204. The number of nitrogens with one attached hydrogen (secondary N) is 1. The van der Waals surface area contributed by atoms with Crippen molar-refractivity contribution in [2.45, 2.75) is 38.1 Å². The monoisotopic (exact) mass is 300 g/mol. The number of rotatable bonds is 7. The van der Waals surface area contributed by atoms with E-state index in [0.29, 0.717) is 0 Å². The lowest BCUT2D eigenvalue weighted by Gasteiger charge is -2.26. The van der Waals surface area contributed by atoms with Gasteiger partial charge in [0.05, 0.1) is 4.90 Å². The van der Waals surface area contributed by atoms with Gasteiger partial charge in [-0.1, -0.05) is 26.0 Å². The van der Waals surface area contributed by atoms with Crippen LogP contribution in [0.5, 0.6) is 0 Å². The van der Waals surface area contributed by atoms with Crippen molar-refractivity contribution in [3.05, 3.63) is 29.8 Å². The van der Waals surface area contributed by atoms with Gasteiger partial charge in [-0.25, -0.2) is 13.6 Å². The standard InChI is InChI=1S/C14H24N2O3S/c1-11(16-10-14(2,3)8-9-17)12-4-6-13(7-5-12)20(15,18)19/h4-7,11,16-17H,8-10H2,1-3H3,(H2,15,18,19). The second-order valence-electron chi connectivity index (χ2n) is 5.85. The van der Waals surface area contributed by atoms with Crippen LogP contribution in [-0.4, -0.2) is 26.7 Å². The molecule has 4 N–H and O–H groups in total. The molecule has 0 radical (unpaired) electrons. The number of primary sulfonamides is 1. The highest BCUT2D eigenvalue weighted by Crippen LogP contribution is 2.21. The molecule has 20 heavy (non-hydrogen) atoms. The average molecular weight is 300 g/mol. The molecule has 1 atom stereocenters. The van der Waals surface area contributed by atoms with Crippen LogP contribution < -0.4 is 10.5 Å². The van der Waals surface area contributed by atoms with E-state index in [1.807, 2.05) is 6.92 Å². The number of aliphatic hydroxyl groups is 1. The summed E-state index contributed by atoms with van der Waals surface area (Å²) < 4.78 is 22.4. The molecule has 0 aliphatic rings. The zero-order valence-electron chi connectivity index (χ0n) is 12.3. The summed E-state index contributed by atoms with van der Waals surface area (Å²) in [5, 5.41) is 17.4. The molecule has 114 valence electrons. The summed E-state index contributed by atoms with van der Waals surface area (Å²) in [6.45, 7) is 7.14. The molecule has 1 aromatic carbocycles. The van der Waals surface area contributed by atoms with Gasteiger partial charge in [-0.3, -0.25) is 0 Å². The second-order valence-corrected chi connectivity index (χ2v) is 7.42. The maximum Gasteiger partial charge on any atom is 0.238 e. The lowest BCUT2D eigenvalue weighted by atomic mass is 9.89. The third-order valence-electron chi connectivity index (χ3n) is 3.38. The molecule has 0 fully saturated rings. The summed E-state index contributed by atoms with van der Waals surface area (Å²) in [7, 11) is -3.64. The van der Waals surface area contributed by atoms with Crippen molar-refractivity contribution in [1.82, 2.24) is 5.32 Å². The fraction of sp³-hybridized carbons (Fsp3) is 0.571. The van der Waals surface area contributed by atoms with Crippen molar-refractivity contribution in [1.29, 1.82) is 0 Å². The van der Waals surface area contributed by atoms with E-state index in [4.69, 9.17) is 10.2 Å². The minimum atomic E-state index is -3.64. The minimum absolute atomic E-state index is 0.0174. The fourth-order valence-corrected chi connectivity index (χ4v) is 2.40. The van der Waals surface area contributed by atoms with E-state index < -0.39 is 10.0 Å². The molecule has 1 rings (SSSR count). The third-order valence-corrected chi connectivity index (χ3v) is 4.31. The van der Waals surface area contributed by atoms with Crippen LogP contribution in [0, 0.1) is 5.41 Å². The van der Waals surface area contributed by atoms with Gasteiger partial charge in [-0.05, 0) is 36.5 Å². The van der Waals surface area contributed by atoms with Crippen molar-refractivity contribution in [2.75, 3.05) is 13.2 Å². The molecule has 0 amide bonds. The normalized spacial score (nSPS) is 14.2. The Morgan fingerprint density at radius 3 is 2.30 bits per heavy atom. The summed E-state index contributed by atoms with van der Waals surface area (Å²) in [5.74, 6) is 0. The van der Waals surface area contributed by atoms with E-state index in [9.17, 15) is 8.42 Å². The number of hydrogen-bond acceptors (Lipinski definition) is 4. The van der Waals surface area contributed by atoms with Crippen LogP contribution in [0.1, 0.15) is 38.8 Å². The van der Waals surface area contributed by atoms with Crippen molar-refractivity contribution < 1.29 is 13.5 Å². The number of benzene rings is 1. The van der Waals surface area contributed by atoms with Crippen molar-refractivity contribution in [2.24, 2.45) is 10.6 Å². The quantitative estimate of drug-likeness (QED) is 0.709. The minimum Gasteiger partial charge on any atom is -0.396 e. The molecular weight excluding hydrogens is 276 g/mol. The van der Waals surface area contributed by atoms with E-state index >= 15 is 0 Å². The molecule has 1 aromatic rings. The first-order valence-corrected chi connectivity index (χ1v) is 8.17. The SMILES string of the molecule is CC(NCC(C)(C)CCO)c1ccc(S(N)(=O)=O)cc1. The summed E-state index contributed by atoms with van der Waals surface area (Å²) in [4.78, 5) is 0.120. The molecule has 0 heterocycles. The molecular formula is C14H24N2O3S. The lowest BCUT2D eigenvalue weighted by Crippen LogP contribution is -2.32. The van der Waals surface area contributed by atoms with E-state index in [1.54, 1.807) is 12.1 Å². The van der Waals surface area contributed by atoms with Crippen LogP contribution in [0.25, 0.3) is 0 Å². The van der Waals surface area contributed by atoms with Gasteiger partial charge in [0.25, 0.3) is 0 Å². The van der Waals surface area contributed by atoms with E-state index in [2.05, 4.69) is 19.2 Å². The number of sulfonamides is 1. The van der Waals surface area contributed by atoms with E-state index in [0.717, 1.165) is 18.5 Å². The summed E-state index contributed by atoms with van der Waals surface area (Å²) in [5.41, 5.74) is 1.01. The van der Waals surface area contributed by atoms with Gasteiger partial charge in [0, 0.05) is 19.2 Å². The van der Waals surface area contributed by atoms with Gasteiger partial charge in [0.2, 0.25) is 10.0 Å². The highest BCUT2D eigenvalue weighted by Gasteiger charge is 2.18. The molecule has 5 nitrogen and oxygen atoms in total. The van der Waals surface area contributed by atoms with Gasteiger partial charge in [-0.15, -0.1) is 0 Å². The third kappa shape index (κ3) is 5.20. The zero-order valence-corrected chi connectivity index (χ0v) is 13.1. The molecule has 0 saturated heterocycles. The van der Waals surface area contributed by atoms with Gasteiger partial charge >= 0.3 is 0 Å². The topological polar surface area (TPSA) is 92.4 Å². The van der Waals surface area contributed by atoms with E-state index in [-0.39, 0.29) is 23.0 Å². The highest BCUT2D eigenvalue weighted by atomic mass is 32.2. The van der Waals surface area contributed by atoms with Gasteiger partial charge in [0.1, 0.15) is 0 Å². The van der Waals surface area contributed by atoms with Crippen LogP contribution in [0.2, 0.25) is 0 Å². The number of nitrogens with two attached hydrogens (primary N) is 1. The van der Waals surface area contributed by atoms with Gasteiger partial charge in [0.15, 0.2) is 0 Å². The van der Waals surface area contributed by atoms with Crippen LogP contribution in [-0.2, 0) is 10.0 Å². The van der Waals surface area contributed by atoms with Crippen LogP contribution >= 0.6 is 0 Å². The first kappa shape index (κ1) is 17.1. The van der Waals surface area contributed by atoms with Crippen LogP contribution in [0.3, 0.4) is 0 Å². The molecule has 0 aliphatic carbocycles. The predicted octanol–water partition coefficient (Wildman–Crippen LogP) is 1.39. The predicted molar refractivity (Wildman–Crippen MR) is 79.7 cm³/mol. The first-order valence-electron chi connectivity index (χ1n) is 6.63. The van der Waals surface area contributed by atoms with Crippen molar-refractivity contribution in [3.8, 4) is 0 Å². The Bertz CT molecular complexity index is 524. The Balaban J connectivity index is 2.67. The Kier molecular flexibility index (Phi) is 5.70. The Morgan fingerprint density at radius 2 is 1.85 bits per heavy atom. The summed E-state index contributed by atoms with van der Waals surface area (Å²) in [6.07, 6.45) is 0.733. The van der Waals surface area contributed by atoms with E-state index in [1.165, 1.54) is 12.1 Å². The first-order chi connectivity index (χ1) is 9.15. The molecule has 0 bridgehead atoms. The molecule has 1 unspecified atom stereocenters. The van der Waals surface area contributed by atoms with Crippen LogP contribution in [0.15, 0.2) is 29.2 Å². The smallest absolute Gasteiger partial charge is 0.238 e. The highest BCUT2D eigenvalue weighted by molar-refractivity contribution is 7.89. The molecule has 0 aromatic heterocycles. The van der Waals surface area contributed by atoms with Crippen molar-refractivity contribution >= 4 is 10.0 Å². The zero-order chi connectivity index (χ0) is 15.4. The maximum atomic E-state index is 11.2. The Morgan fingerprint density at radius 1 is 1.30 bits per heavy atom. The molecule has 6 heteroatoms. The average Bonchev–Trinajstić information content (AvgIpc) is 2.35. The van der Waals surface area contributed by atoms with Gasteiger partial charge in [-0.2, -0.15) is 0 Å². The Labute approximate surface area is 121 Å². The number of hydrogen-bond donors (Lipinski definition) is 3. The molecule has 0 saturated carbocycles. The summed E-state index contributed by atoms with van der Waals surface area (Å²) in [6, 6.07) is 6.65. The van der Waals surface area contributed by atoms with Crippen LogP contribution in [0.4, 0.5) is 0 Å². The molecule has 0 aliphatic heterocycles. The van der Waals surface area contributed by atoms with Gasteiger partial charge < -0.3 is 10.4 Å².